The molecule has 0 fully saturated rings. The molecule has 2 aromatic carbocycles. The van der Waals surface area contributed by atoms with Gasteiger partial charge in [-0.1, -0.05) is 29.8 Å². The van der Waals surface area contributed by atoms with Gasteiger partial charge in [-0.15, -0.1) is 0 Å². The average Bonchev–Trinajstić information content (AvgIpc) is 3.46. The van der Waals surface area contributed by atoms with Gasteiger partial charge in [0.25, 0.3) is 5.91 Å². The number of aromatic nitrogens is 2. The average molecular weight is 454 g/mol. The van der Waals surface area contributed by atoms with Crippen LogP contribution in [0.1, 0.15) is 16.3 Å². The molecule has 0 radical (unpaired) electrons. The van der Waals surface area contributed by atoms with Gasteiger partial charge >= 0.3 is 0 Å². The van der Waals surface area contributed by atoms with E-state index in [0.717, 1.165) is 0 Å². The molecule has 8 nitrogen and oxygen atoms in total. The van der Waals surface area contributed by atoms with Crippen LogP contribution in [0.3, 0.4) is 0 Å². The van der Waals surface area contributed by atoms with E-state index in [1.165, 1.54) is 6.20 Å². The van der Waals surface area contributed by atoms with E-state index in [2.05, 4.69) is 10.4 Å². The summed E-state index contributed by atoms with van der Waals surface area (Å²) in [6.07, 6.45) is 3.17. The van der Waals surface area contributed by atoms with Gasteiger partial charge in [0, 0.05) is 5.02 Å². The number of methoxy groups -OCH3 is 1. The van der Waals surface area contributed by atoms with Crippen molar-refractivity contribution in [3.63, 3.8) is 0 Å². The Morgan fingerprint density at radius 2 is 1.94 bits per heavy atom. The van der Waals surface area contributed by atoms with Crippen molar-refractivity contribution < 1.29 is 23.4 Å². The number of benzene rings is 2. The SMILES string of the molecule is COc1ccccc1OCc1ccc(C(=O)Nc2cnn(COc3cccc(Cl)c3)c2)o1. The number of carbonyl (C=O) groups is 1. The van der Waals surface area contributed by atoms with Gasteiger partial charge in [0.15, 0.2) is 24.0 Å². The van der Waals surface area contributed by atoms with E-state index in [9.17, 15) is 4.79 Å². The molecule has 164 valence electrons. The molecule has 0 bridgehead atoms. The number of ether oxygens (including phenoxy) is 3. The molecule has 1 N–H and O–H groups in total. The summed E-state index contributed by atoms with van der Waals surface area (Å²) in [7, 11) is 1.57. The van der Waals surface area contributed by atoms with Crippen LogP contribution in [-0.2, 0) is 13.3 Å². The van der Waals surface area contributed by atoms with Gasteiger partial charge < -0.3 is 23.9 Å². The molecule has 32 heavy (non-hydrogen) atoms. The van der Waals surface area contributed by atoms with Gasteiger partial charge in [-0.25, -0.2) is 4.68 Å². The lowest BCUT2D eigenvalue weighted by atomic mass is 10.3. The van der Waals surface area contributed by atoms with Gasteiger partial charge in [-0.05, 0) is 42.5 Å². The smallest absolute Gasteiger partial charge is 0.291 e. The van der Waals surface area contributed by atoms with Gasteiger partial charge in [0.05, 0.1) is 25.2 Å². The summed E-state index contributed by atoms with van der Waals surface area (Å²) in [6.45, 7) is 0.327. The zero-order chi connectivity index (χ0) is 22.3. The normalized spacial score (nSPS) is 10.6. The van der Waals surface area contributed by atoms with E-state index in [4.69, 9.17) is 30.2 Å². The van der Waals surface area contributed by atoms with E-state index in [1.54, 1.807) is 66.5 Å². The molecule has 0 saturated carbocycles. The molecule has 2 aromatic heterocycles. The van der Waals surface area contributed by atoms with Crippen molar-refractivity contribution in [3.05, 3.63) is 89.6 Å². The molecule has 4 rings (SSSR count). The first-order valence-electron chi connectivity index (χ1n) is 9.67. The maximum Gasteiger partial charge on any atom is 0.291 e. The predicted octanol–water partition coefficient (Wildman–Crippen LogP) is 5.01. The van der Waals surface area contributed by atoms with Gasteiger partial charge in [-0.3, -0.25) is 4.79 Å². The van der Waals surface area contributed by atoms with Crippen molar-refractivity contribution in [2.24, 2.45) is 0 Å². The van der Waals surface area contributed by atoms with E-state index in [1.807, 2.05) is 12.1 Å². The van der Waals surface area contributed by atoms with Crippen LogP contribution in [0.5, 0.6) is 17.2 Å². The van der Waals surface area contributed by atoms with Crippen molar-refractivity contribution in [1.82, 2.24) is 9.78 Å². The molecule has 9 heteroatoms. The molecule has 0 aliphatic rings. The Hall–Kier alpha value is -3.91. The fourth-order valence-electron chi connectivity index (χ4n) is 2.85. The first kappa shape index (κ1) is 21.3. The summed E-state index contributed by atoms with van der Waals surface area (Å²) < 4.78 is 23.7. The van der Waals surface area contributed by atoms with Crippen LogP contribution in [0.4, 0.5) is 5.69 Å². The third-order valence-electron chi connectivity index (χ3n) is 4.38. The number of halogens is 1. The van der Waals surface area contributed by atoms with Crippen LogP contribution in [0.2, 0.25) is 5.02 Å². The minimum atomic E-state index is -0.399. The number of furan rings is 1. The highest BCUT2D eigenvalue weighted by atomic mass is 35.5. The summed E-state index contributed by atoms with van der Waals surface area (Å²) in [4.78, 5) is 12.5. The van der Waals surface area contributed by atoms with E-state index in [0.29, 0.717) is 33.7 Å². The highest BCUT2D eigenvalue weighted by Gasteiger charge is 2.13. The molecule has 0 aliphatic heterocycles. The highest BCUT2D eigenvalue weighted by molar-refractivity contribution is 6.30. The number of amides is 1. The van der Waals surface area contributed by atoms with Gasteiger partial charge in [0.1, 0.15) is 18.1 Å². The lowest BCUT2D eigenvalue weighted by molar-refractivity contribution is 0.0992. The fraction of sp³-hybridized carbons (Fsp3) is 0.130. The van der Waals surface area contributed by atoms with Crippen LogP contribution in [-0.4, -0.2) is 22.8 Å². The second-order valence-electron chi connectivity index (χ2n) is 6.66. The van der Waals surface area contributed by atoms with Crippen LogP contribution in [0.25, 0.3) is 0 Å². The minimum absolute atomic E-state index is 0.159. The van der Waals surface area contributed by atoms with Crippen molar-refractivity contribution in [2.75, 3.05) is 12.4 Å². The third kappa shape index (κ3) is 5.41. The topological polar surface area (TPSA) is 87.8 Å². The Morgan fingerprint density at radius 3 is 2.75 bits per heavy atom. The number of anilines is 1. The third-order valence-corrected chi connectivity index (χ3v) is 4.61. The molecule has 0 spiro atoms. The largest absolute Gasteiger partial charge is 0.493 e. The van der Waals surface area contributed by atoms with Crippen LogP contribution < -0.4 is 19.5 Å². The van der Waals surface area contributed by atoms with Gasteiger partial charge in [0.2, 0.25) is 0 Å². The number of hydrogen-bond donors (Lipinski definition) is 1. The Labute approximate surface area is 189 Å². The Balaban J connectivity index is 1.30. The molecular weight excluding hydrogens is 434 g/mol. The lowest BCUT2D eigenvalue weighted by Crippen LogP contribution is -2.10. The number of nitrogens with one attached hydrogen (secondary N) is 1. The number of carbonyl (C=O) groups excluding carboxylic acids is 1. The summed E-state index contributed by atoms with van der Waals surface area (Å²) >= 11 is 5.94. The Kier molecular flexibility index (Phi) is 6.62. The van der Waals surface area contributed by atoms with Crippen LogP contribution in [0.15, 0.2) is 77.5 Å². The first-order valence-corrected chi connectivity index (χ1v) is 10.1. The minimum Gasteiger partial charge on any atom is -0.493 e. The molecule has 0 unspecified atom stereocenters. The van der Waals surface area contributed by atoms with Crippen LogP contribution in [0, 0.1) is 0 Å². The number of rotatable bonds is 9. The maximum absolute atomic E-state index is 12.5. The number of hydrogen-bond acceptors (Lipinski definition) is 6. The molecule has 2 heterocycles. The highest BCUT2D eigenvalue weighted by Crippen LogP contribution is 2.27. The molecule has 0 aliphatic carbocycles. The van der Waals surface area contributed by atoms with E-state index in [-0.39, 0.29) is 19.1 Å². The summed E-state index contributed by atoms with van der Waals surface area (Å²) in [5, 5.41) is 7.49. The zero-order valence-electron chi connectivity index (χ0n) is 17.2. The van der Waals surface area contributed by atoms with Crippen molar-refractivity contribution in [3.8, 4) is 17.2 Å². The maximum atomic E-state index is 12.5. The quantitative estimate of drug-likeness (QED) is 0.383. The Morgan fingerprint density at radius 1 is 1.09 bits per heavy atom. The second kappa shape index (κ2) is 9.93. The Bertz CT molecular complexity index is 1200. The lowest BCUT2D eigenvalue weighted by Gasteiger charge is -2.08. The summed E-state index contributed by atoms with van der Waals surface area (Å²) in [5.41, 5.74) is 0.507. The fourth-order valence-corrected chi connectivity index (χ4v) is 3.03. The first-order chi connectivity index (χ1) is 15.6. The monoisotopic (exact) mass is 453 g/mol. The van der Waals surface area contributed by atoms with Crippen molar-refractivity contribution in [2.45, 2.75) is 13.3 Å². The molecule has 1 amide bonds. The second-order valence-corrected chi connectivity index (χ2v) is 7.10. The zero-order valence-corrected chi connectivity index (χ0v) is 17.9. The van der Waals surface area contributed by atoms with E-state index >= 15 is 0 Å². The van der Waals surface area contributed by atoms with Gasteiger partial charge in [-0.2, -0.15) is 5.10 Å². The summed E-state index contributed by atoms with van der Waals surface area (Å²) in [6, 6.07) is 17.6. The molecule has 0 atom stereocenters. The molecule has 0 saturated heterocycles. The standard InChI is InChI=1S/C23H20ClN3O5/c1-29-20-7-2-3-8-21(20)30-14-19-9-10-22(32-19)23(28)26-17-12-25-27(13-17)15-31-18-6-4-5-16(24)11-18/h2-13H,14-15H2,1H3,(H,26,28). The van der Waals surface area contributed by atoms with E-state index < -0.39 is 5.91 Å². The van der Waals surface area contributed by atoms with Crippen molar-refractivity contribution >= 4 is 23.2 Å². The number of para-hydroxylation sites is 2. The van der Waals surface area contributed by atoms with Crippen LogP contribution >= 0.6 is 11.6 Å². The predicted molar refractivity (Wildman–Crippen MR) is 118 cm³/mol. The molecular formula is C23H20ClN3O5. The number of nitrogens with zero attached hydrogens (tertiary/aromatic N) is 2. The van der Waals surface area contributed by atoms with Crippen molar-refractivity contribution in [1.29, 1.82) is 0 Å². The summed E-state index contributed by atoms with van der Waals surface area (Å²) in [5.74, 6) is 2.09. The molecule has 4 aromatic rings.